The van der Waals surface area contributed by atoms with Gasteiger partial charge in [-0.1, -0.05) is 18.2 Å². The molecular weight excluding hydrogens is 406 g/mol. The maximum Gasteiger partial charge on any atom is 0.223 e. The van der Waals surface area contributed by atoms with Crippen molar-refractivity contribution < 1.29 is 27.8 Å². The van der Waals surface area contributed by atoms with Crippen molar-refractivity contribution in [3.8, 4) is 11.5 Å². The lowest BCUT2D eigenvalue weighted by molar-refractivity contribution is -0.139. The van der Waals surface area contributed by atoms with Crippen LogP contribution in [0, 0.1) is 0 Å². The molecule has 30 heavy (non-hydrogen) atoms. The average molecular weight is 432 g/mol. The van der Waals surface area contributed by atoms with Gasteiger partial charge in [0.15, 0.2) is 0 Å². The van der Waals surface area contributed by atoms with Gasteiger partial charge in [-0.25, -0.2) is 8.42 Å². The third-order valence-corrected chi connectivity index (χ3v) is 7.58. The highest BCUT2D eigenvalue weighted by molar-refractivity contribution is 7.91. The van der Waals surface area contributed by atoms with Crippen molar-refractivity contribution in [3.05, 3.63) is 48.0 Å². The van der Waals surface area contributed by atoms with E-state index >= 15 is 0 Å². The number of nitrogens with zero attached hydrogens (tertiary/aromatic N) is 1. The molecule has 2 heterocycles. The second-order valence-electron chi connectivity index (χ2n) is 8.14. The van der Waals surface area contributed by atoms with E-state index in [-0.39, 0.29) is 21.4 Å². The van der Waals surface area contributed by atoms with Crippen LogP contribution in [0.4, 0.5) is 0 Å². The Balaban J connectivity index is 1.93. The fourth-order valence-corrected chi connectivity index (χ4v) is 5.63. The van der Waals surface area contributed by atoms with Crippen molar-refractivity contribution in [1.29, 1.82) is 0 Å². The smallest absolute Gasteiger partial charge is 0.223 e. The molecule has 2 aliphatic rings. The normalized spacial score (nSPS) is 23.1. The average Bonchev–Trinajstić information content (AvgIpc) is 3.14. The lowest BCUT2D eigenvalue weighted by Crippen LogP contribution is -2.53. The van der Waals surface area contributed by atoms with E-state index in [0.29, 0.717) is 30.7 Å². The van der Waals surface area contributed by atoms with E-state index in [4.69, 9.17) is 9.47 Å². The summed E-state index contributed by atoms with van der Waals surface area (Å²) in [6.45, 7) is 3.99. The molecule has 4 rings (SSSR count). The first-order valence-corrected chi connectivity index (χ1v) is 11.3. The van der Waals surface area contributed by atoms with Gasteiger partial charge in [0.2, 0.25) is 15.7 Å². The quantitative estimate of drug-likeness (QED) is 0.800. The Morgan fingerprint density at radius 3 is 2.50 bits per heavy atom. The summed E-state index contributed by atoms with van der Waals surface area (Å²) >= 11 is 0. The number of hydrogen-bond donors (Lipinski definition) is 1. The summed E-state index contributed by atoms with van der Waals surface area (Å²) in [5, 5.41) is 11.1. The Bertz CT molecular complexity index is 1080. The number of carbonyl (C=O) groups excluding carboxylic acids is 1. The summed E-state index contributed by atoms with van der Waals surface area (Å²) in [6, 6.07) is 10.4. The monoisotopic (exact) mass is 431 g/mol. The third kappa shape index (κ3) is 3.24. The van der Waals surface area contributed by atoms with E-state index in [1.54, 1.807) is 36.9 Å². The highest BCUT2D eigenvalue weighted by Gasteiger charge is 2.48. The number of carbonyl (C=O) groups is 1. The number of ether oxygens (including phenoxy) is 2. The van der Waals surface area contributed by atoms with E-state index in [1.807, 2.05) is 0 Å². The second kappa shape index (κ2) is 7.28. The van der Waals surface area contributed by atoms with Gasteiger partial charge in [0.05, 0.1) is 18.0 Å². The zero-order valence-electron chi connectivity index (χ0n) is 17.2. The lowest BCUT2D eigenvalue weighted by atomic mass is 9.85. The predicted molar refractivity (Wildman–Crippen MR) is 109 cm³/mol. The first-order chi connectivity index (χ1) is 14.2. The molecule has 2 atom stereocenters. The lowest BCUT2D eigenvalue weighted by Gasteiger charge is -2.45. The minimum atomic E-state index is -3.89. The third-order valence-electron chi connectivity index (χ3n) is 5.79. The van der Waals surface area contributed by atoms with Gasteiger partial charge in [0.25, 0.3) is 0 Å². The van der Waals surface area contributed by atoms with Gasteiger partial charge in [0, 0.05) is 24.6 Å². The molecule has 1 saturated heterocycles. The molecule has 2 aromatic carbocycles. The molecule has 0 aliphatic carbocycles. The number of aliphatic hydroxyl groups is 1. The van der Waals surface area contributed by atoms with Crippen molar-refractivity contribution >= 4 is 15.7 Å². The van der Waals surface area contributed by atoms with Gasteiger partial charge in [-0.3, -0.25) is 4.79 Å². The number of sulfone groups is 1. The van der Waals surface area contributed by atoms with Gasteiger partial charge in [-0.15, -0.1) is 0 Å². The van der Waals surface area contributed by atoms with Crippen LogP contribution in [0.3, 0.4) is 0 Å². The molecule has 0 saturated carbocycles. The van der Waals surface area contributed by atoms with Crippen LogP contribution < -0.4 is 9.47 Å². The van der Waals surface area contributed by atoms with Crippen LogP contribution in [0.25, 0.3) is 0 Å². The second-order valence-corrected chi connectivity index (χ2v) is 10.1. The number of fused-ring (bicyclic) bond motifs is 1. The first kappa shape index (κ1) is 20.7. The number of amides is 1. The molecule has 0 radical (unpaired) electrons. The van der Waals surface area contributed by atoms with Crippen molar-refractivity contribution in [2.45, 2.75) is 54.2 Å². The number of hydrogen-bond acceptors (Lipinski definition) is 6. The molecule has 0 spiro atoms. The van der Waals surface area contributed by atoms with E-state index in [0.717, 1.165) is 0 Å². The summed E-state index contributed by atoms with van der Waals surface area (Å²) in [5.41, 5.74) is -0.502. The summed E-state index contributed by atoms with van der Waals surface area (Å²) in [5.74, 6) is 0.487. The Hall–Kier alpha value is -2.58. The van der Waals surface area contributed by atoms with Crippen molar-refractivity contribution in [1.82, 2.24) is 4.90 Å². The molecule has 1 N–H and O–H groups in total. The highest BCUT2D eigenvalue weighted by Crippen LogP contribution is 2.47. The summed E-state index contributed by atoms with van der Waals surface area (Å²) in [4.78, 5) is 14.2. The maximum atomic E-state index is 13.3. The first-order valence-electron chi connectivity index (χ1n) is 9.85. The Labute approximate surface area is 176 Å². The molecule has 1 amide bonds. The van der Waals surface area contributed by atoms with E-state index in [1.165, 1.54) is 31.4 Å². The minimum Gasteiger partial charge on any atom is -0.495 e. The topological polar surface area (TPSA) is 93.1 Å². The maximum absolute atomic E-state index is 13.3. The number of aliphatic hydroxyl groups excluding tert-OH is 1. The van der Waals surface area contributed by atoms with Crippen molar-refractivity contribution in [2.24, 2.45) is 0 Å². The number of likely N-dealkylation sites (tertiary alicyclic amines) is 1. The van der Waals surface area contributed by atoms with E-state index in [9.17, 15) is 18.3 Å². The highest BCUT2D eigenvalue weighted by atomic mass is 32.2. The van der Waals surface area contributed by atoms with Crippen LogP contribution in [0.5, 0.6) is 11.5 Å². The Morgan fingerprint density at radius 2 is 1.90 bits per heavy atom. The largest absolute Gasteiger partial charge is 0.495 e. The molecule has 7 nitrogen and oxygen atoms in total. The molecule has 2 aromatic rings. The van der Waals surface area contributed by atoms with Gasteiger partial charge >= 0.3 is 0 Å². The predicted octanol–water partition coefficient (Wildman–Crippen LogP) is 2.72. The SMILES string of the molecule is COc1cc2c(cc1S(=O)(=O)c1ccccc1)C(N1CCCC1=O)C(O)C(C)(C)O2. The fourth-order valence-electron chi connectivity index (χ4n) is 4.17. The van der Waals surface area contributed by atoms with Crippen LogP contribution in [-0.4, -0.2) is 49.7 Å². The summed E-state index contributed by atoms with van der Waals surface area (Å²) in [7, 11) is -2.49. The van der Waals surface area contributed by atoms with E-state index < -0.39 is 27.6 Å². The fraction of sp³-hybridized carbons (Fsp3) is 0.409. The summed E-state index contributed by atoms with van der Waals surface area (Å²) < 4.78 is 38.1. The molecule has 2 aliphatic heterocycles. The summed E-state index contributed by atoms with van der Waals surface area (Å²) in [6.07, 6.45) is 0.0857. The zero-order chi connectivity index (χ0) is 21.7. The van der Waals surface area contributed by atoms with Crippen LogP contribution in [0.15, 0.2) is 52.3 Å². The molecule has 1 fully saturated rings. The number of benzene rings is 2. The standard InChI is InChI=1S/C22H25NO6S/c1-22(2)21(25)20(23-11-7-10-19(23)24)15-12-18(17(28-3)13-16(15)29-22)30(26,27)14-8-5-4-6-9-14/h4-6,8-9,12-13,20-21,25H,7,10-11H2,1-3H3. The van der Waals surface area contributed by atoms with Crippen molar-refractivity contribution in [3.63, 3.8) is 0 Å². The molecule has 0 bridgehead atoms. The molecular formula is C22H25NO6S. The van der Waals surface area contributed by atoms with Crippen LogP contribution in [-0.2, 0) is 14.6 Å². The Morgan fingerprint density at radius 1 is 1.20 bits per heavy atom. The van der Waals surface area contributed by atoms with Gasteiger partial charge < -0.3 is 19.5 Å². The molecule has 160 valence electrons. The number of rotatable bonds is 4. The van der Waals surface area contributed by atoms with Gasteiger partial charge in [0.1, 0.15) is 28.1 Å². The molecule has 8 heteroatoms. The van der Waals surface area contributed by atoms with Crippen LogP contribution >= 0.6 is 0 Å². The van der Waals surface area contributed by atoms with Crippen LogP contribution in [0.1, 0.15) is 38.3 Å². The molecule has 0 aromatic heterocycles. The molecule has 2 unspecified atom stereocenters. The van der Waals surface area contributed by atoms with Gasteiger partial charge in [-0.2, -0.15) is 0 Å². The van der Waals surface area contributed by atoms with Crippen LogP contribution in [0.2, 0.25) is 0 Å². The minimum absolute atomic E-state index is 0.0258. The van der Waals surface area contributed by atoms with Crippen molar-refractivity contribution in [2.75, 3.05) is 13.7 Å². The Kier molecular flexibility index (Phi) is 5.02. The zero-order valence-corrected chi connectivity index (χ0v) is 18.0. The number of methoxy groups -OCH3 is 1. The van der Waals surface area contributed by atoms with E-state index in [2.05, 4.69) is 0 Å². The van der Waals surface area contributed by atoms with Gasteiger partial charge in [-0.05, 0) is 38.5 Å².